The summed E-state index contributed by atoms with van der Waals surface area (Å²) in [4.78, 5) is 0. The first-order valence-electron chi connectivity index (χ1n) is 6.98. The van der Waals surface area contributed by atoms with E-state index in [4.69, 9.17) is 5.11 Å². The zero-order chi connectivity index (χ0) is 13.5. The summed E-state index contributed by atoms with van der Waals surface area (Å²) < 4.78 is 0. The summed E-state index contributed by atoms with van der Waals surface area (Å²) in [6.07, 6.45) is 3.15. The fourth-order valence-corrected chi connectivity index (χ4v) is 2.71. The minimum absolute atomic E-state index is 0.311. The van der Waals surface area contributed by atoms with Crippen LogP contribution in [0.2, 0.25) is 0 Å². The third-order valence-electron chi connectivity index (χ3n) is 3.46. The molecule has 1 aromatic carbocycles. The van der Waals surface area contributed by atoms with Crippen LogP contribution in [0.1, 0.15) is 54.5 Å². The standard InChI is InChI=1S/C16H27NO/c1-12-10-13(2)16(14(3)11-12)15(4)17-8-6-5-7-9-18/h10-11,15,17-18H,5-9H2,1-4H3. The van der Waals surface area contributed by atoms with Crippen LogP contribution in [0.3, 0.4) is 0 Å². The van der Waals surface area contributed by atoms with Crippen molar-refractivity contribution in [2.24, 2.45) is 0 Å². The van der Waals surface area contributed by atoms with Gasteiger partial charge in [-0.1, -0.05) is 17.7 Å². The normalized spacial score (nSPS) is 12.7. The van der Waals surface area contributed by atoms with Gasteiger partial charge in [0.1, 0.15) is 0 Å². The third kappa shape index (κ3) is 4.43. The van der Waals surface area contributed by atoms with Crippen LogP contribution < -0.4 is 5.32 Å². The van der Waals surface area contributed by atoms with Crippen LogP contribution in [0, 0.1) is 20.8 Å². The van der Waals surface area contributed by atoms with Crippen molar-refractivity contribution < 1.29 is 5.11 Å². The minimum atomic E-state index is 0.311. The van der Waals surface area contributed by atoms with E-state index >= 15 is 0 Å². The number of hydrogen-bond donors (Lipinski definition) is 2. The molecule has 0 radical (unpaired) electrons. The lowest BCUT2D eigenvalue weighted by atomic mass is 9.95. The highest BCUT2D eigenvalue weighted by atomic mass is 16.2. The van der Waals surface area contributed by atoms with E-state index in [-0.39, 0.29) is 0 Å². The van der Waals surface area contributed by atoms with Crippen molar-refractivity contribution in [3.8, 4) is 0 Å². The Labute approximate surface area is 111 Å². The Bertz CT molecular complexity index is 350. The molecular formula is C16H27NO. The van der Waals surface area contributed by atoms with Gasteiger partial charge < -0.3 is 10.4 Å². The van der Waals surface area contributed by atoms with Gasteiger partial charge in [-0.15, -0.1) is 0 Å². The lowest BCUT2D eigenvalue weighted by Crippen LogP contribution is -2.21. The van der Waals surface area contributed by atoms with Crippen LogP contribution in [0.4, 0.5) is 0 Å². The number of hydrogen-bond acceptors (Lipinski definition) is 2. The van der Waals surface area contributed by atoms with Gasteiger partial charge in [0, 0.05) is 12.6 Å². The van der Waals surface area contributed by atoms with Gasteiger partial charge in [0.15, 0.2) is 0 Å². The average Bonchev–Trinajstić information content (AvgIpc) is 2.27. The van der Waals surface area contributed by atoms with Crippen LogP contribution in [0.5, 0.6) is 0 Å². The molecule has 0 amide bonds. The van der Waals surface area contributed by atoms with E-state index in [1.165, 1.54) is 22.3 Å². The van der Waals surface area contributed by atoms with Gasteiger partial charge in [-0.05, 0) is 70.2 Å². The summed E-state index contributed by atoms with van der Waals surface area (Å²) in [5.74, 6) is 0. The van der Waals surface area contributed by atoms with E-state index in [1.54, 1.807) is 0 Å². The van der Waals surface area contributed by atoms with Crippen molar-refractivity contribution in [1.82, 2.24) is 5.32 Å². The molecule has 0 aliphatic rings. The molecule has 2 heteroatoms. The molecule has 0 saturated carbocycles. The molecule has 0 heterocycles. The Morgan fingerprint density at radius 2 is 1.67 bits per heavy atom. The quantitative estimate of drug-likeness (QED) is 0.726. The molecule has 0 bridgehead atoms. The monoisotopic (exact) mass is 249 g/mol. The third-order valence-corrected chi connectivity index (χ3v) is 3.46. The van der Waals surface area contributed by atoms with Crippen LogP contribution in [0.15, 0.2) is 12.1 Å². The SMILES string of the molecule is Cc1cc(C)c(C(C)NCCCCCO)c(C)c1. The maximum Gasteiger partial charge on any atom is 0.0431 e. The summed E-state index contributed by atoms with van der Waals surface area (Å²) in [5, 5.41) is 12.3. The molecule has 0 aliphatic heterocycles. The van der Waals surface area contributed by atoms with Gasteiger partial charge in [0.05, 0.1) is 0 Å². The molecule has 1 unspecified atom stereocenters. The molecule has 1 aromatic rings. The van der Waals surface area contributed by atoms with Crippen LogP contribution in [-0.4, -0.2) is 18.3 Å². The Hall–Kier alpha value is -0.860. The summed E-state index contributed by atoms with van der Waals surface area (Å²) in [5.41, 5.74) is 5.53. The van der Waals surface area contributed by atoms with Gasteiger partial charge in [-0.3, -0.25) is 0 Å². The molecule has 0 fully saturated rings. The Morgan fingerprint density at radius 1 is 1.06 bits per heavy atom. The van der Waals surface area contributed by atoms with E-state index in [0.29, 0.717) is 12.6 Å². The molecule has 0 spiro atoms. The topological polar surface area (TPSA) is 32.3 Å². The largest absolute Gasteiger partial charge is 0.396 e. The molecular weight excluding hydrogens is 222 g/mol. The number of aryl methyl sites for hydroxylation is 3. The highest BCUT2D eigenvalue weighted by Gasteiger charge is 2.10. The summed E-state index contributed by atoms with van der Waals surface area (Å²) in [6.45, 7) is 10.1. The predicted molar refractivity (Wildman–Crippen MR) is 78.0 cm³/mol. The van der Waals surface area contributed by atoms with E-state index in [2.05, 4.69) is 45.1 Å². The average molecular weight is 249 g/mol. The highest BCUT2D eigenvalue weighted by molar-refractivity contribution is 5.39. The van der Waals surface area contributed by atoms with Crippen LogP contribution >= 0.6 is 0 Å². The Balaban J connectivity index is 2.53. The van der Waals surface area contributed by atoms with E-state index in [0.717, 1.165) is 25.8 Å². The lowest BCUT2D eigenvalue weighted by molar-refractivity contribution is 0.282. The Morgan fingerprint density at radius 3 is 2.22 bits per heavy atom. The number of aliphatic hydroxyl groups excluding tert-OH is 1. The zero-order valence-electron chi connectivity index (χ0n) is 12.2. The number of benzene rings is 1. The van der Waals surface area contributed by atoms with Gasteiger partial charge >= 0.3 is 0 Å². The number of rotatable bonds is 7. The van der Waals surface area contributed by atoms with E-state index in [9.17, 15) is 0 Å². The second-order valence-corrected chi connectivity index (χ2v) is 5.27. The van der Waals surface area contributed by atoms with E-state index < -0.39 is 0 Å². The first kappa shape index (κ1) is 15.2. The van der Waals surface area contributed by atoms with Crippen molar-refractivity contribution in [2.45, 2.75) is 53.0 Å². The number of aliphatic hydroxyl groups is 1. The molecule has 2 N–H and O–H groups in total. The zero-order valence-corrected chi connectivity index (χ0v) is 12.2. The maximum atomic E-state index is 8.73. The van der Waals surface area contributed by atoms with Crippen LogP contribution in [-0.2, 0) is 0 Å². The van der Waals surface area contributed by atoms with Gasteiger partial charge in [0.25, 0.3) is 0 Å². The van der Waals surface area contributed by atoms with Crippen molar-refractivity contribution in [1.29, 1.82) is 0 Å². The smallest absolute Gasteiger partial charge is 0.0431 e. The lowest BCUT2D eigenvalue weighted by Gasteiger charge is -2.20. The summed E-state index contributed by atoms with van der Waals surface area (Å²) >= 11 is 0. The van der Waals surface area contributed by atoms with E-state index in [1.807, 2.05) is 0 Å². The van der Waals surface area contributed by atoms with Gasteiger partial charge in [0.2, 0.25) is 0 Å². The summed E-state index contributed by atoms with van der Waals surface area (Å²) in [7, 11) is 0. The second-order valence-electron chi connectivity index (χ2n) is 5.27. The first-order chi connectivity index (χ1) is 8.56. The van der Waals surface area contributed by atoms with Crippen molar-refractivity contribution in [3.05, 3.63) is 34.4 Å². The summed E-state index contributed by atoms with van der Waals surface area (Å²) in [6, 6.07) is 4.91. The molecule has 18 heavy (non-hydrogen) atoms. The van der Waals surface area contributed by atoms with Crippen molar-refractivity contribution in [2.75, 3.05) is 13.2 Å². The molecule has 1 atom stereocenters. The van der Waals surface area contributed by atoms with Crippen molar-refractivity contribution in [3.63, 3.8) is 0 Å². The number of unbranched alkanes of at least 4 members (excludes halogenated alkanes) is 2. The first-order valence-corrected chi connectivity index (χ1v) is 6.98. The van der Waals surface area contributed by atoms with Gasteiger partial charge in [-0.2, -0.15) is 0 Å². The molecule has 0 saturated heterocycles. The fourth-order valence-electron chi connectivity index (χ4n) is 2.71. The Kier molecular flexibility index (Phi) is 6.37. The number of nitrogens with one attached hydrogen (secondary N) is 1. The maximum absolute atomic E-state index is 8.73. The molecule has 0 aromatic heterocycles. The fraction of sp³-hybridized carbons (Fsp3) is 0.625. The molecule has 1 rings (SSSR count). The molecule has 2 nitrogen and oxygen atoms in total. The molecule has 0 aliphatic carbocycles. The van der Waals surface area contributed by atoms with Crippen molar-refractivity contribution >= 4 is 0 Å². The molecule has 102 valence electrons. The predicted octanol–water partition coefficient (Wildman–Crippen LogP) is 3.43. The second kappa shape index (κ2) is 7.55. The highest BCUT2D eigenvalue weighted by Crippen LogP contribution is 2.23. The van der Waals surface area contributed by atoms with Crippen LogP contribution in [0.25, 0.3) is 0 Å². The van der Waals surface area contributed by atoms with Gasteiger partial charge in [-0.25, -0.2) is 0 Å². The minimum Gasteiger partial charge on any atom is -0.396 e.